The van der Waals surface area contributed by atoms with Crippen LogP contribution in [0.3, 0.4) is 0 Å². The van der Waals surface area contributed by atoms with Crippen molar-refractivity contribution < 1.29 is 19.4 Å². The highest BCUT2D eigenvalue weighted by atomic mass is 16.5. The Kier molecular flexibility index (Phi) is 5.42. The van der Waals surface area contributed by atoms with Gasteiger partial charge in [-0.25, -0.2) is 0 Å². The lowest BCUT2D eigenvalue weighted by atomic mass is 9.96. The van der Waals surface area contributed by atoms with Crippen LogP contribution in [0.2, 0.25) is 0 Å². The zero-order chi connectivity index (χ0) is 15.9. The maximum Gasteiger partial charge on any atom is 0.303 e. The number of hydrogen-bond donors (Lipinski definition) is 1. The first kappa shape index (κ1) is 15.9. The Balaban J connectivity index is 2.20. The first-order valence-electron chi connectivity index (χ1n) is 7.16. The third kappa shape index (κ3) is 4.25. The number of carboxylic acids is 1. The van der Waals surface area contributed by atoms with Crippen molar-refractivity contribution in [1.82, 2.24) is 0 Å². The second-order valence-corrected chi connectivity index (χ2v) is 5.18. The second-order valence-electron chi connectivity index (χ2n) is 5.18. The van der Waals surface area contributed by atoms with Crippen LogP contribution in [0.4, 0.5) is 0 Å². The van der Waals surface area contributed by atoms with Crippen molar-refractivity contribution in [2.45, 2.75) is 25.9 Å². The zero-order valence-corrected chi connectivity index (χ0v) is 12.8. The van der Waals surface area contributed by atoms with Gasteiger partial charge in [-0.3, -0.25) is 4.79 Å². The molecule has 2 rings (SSSR count). The fourth-order valence-electron chi connectivity index (χ4n) is 2.28. The topological polar surface area (TPSA) is 55.8 Å². The molecule has 4 nitrogen and oxygen atoms in total. The van der Waals surface area contributed by atoms with Crippen molar-refractivity contribution in [2.75, 3.05) is 7.11 Å². The molecular formula is C18H20O4. The van der Waals surface area contributed by atoms with E-state index in [1.807, 2.05) is 49.4 Å². The summed E-state index contributed by atoms with van der Waals surface area (Å²) in [6.07, 6.45) is 0.0635. The first-order valence-corrected chi connectivity index (χ1v) is 7.16. The van der Waals surface area contributed by atoms with Crippen LogP contribution in [0.5, 0.6) is 11.5 Å². The number of carbonyl (C=O) groups is 1. The molecule has 0 radical (unpaired) electrons. The van der Waals surface area contributed by atoms with Gasteiger partial charge in [-0.15, -0.1) is 0 Å². The van der Waals surface area contributed by atoms with Gasteiger partial charge in [0.15, 0.2) is 0 Å². The maximum absolute atomic E-state index is 10.9. The summed E-state index contributed by atoms with van der Waals surface area (Å²) in [4.78, 5) is 10.9. The maximum atomic E-state index is 10.9. The summed E-state index contributed by atoms with van der Waals surface area (Å²) >= 11 is 0. The number of ether oxygens (including phenoxy) is 2. The minimum Gasteiger partial charge on any atom is -0.497 e. The molecule has 0 heterocycles. The highest BCUT2D eigenvalue weighted by Crippen LogP contribution is 2.32. The Morgan fingerprint density at radius 2 is 1.91 bits per heavy atom. The second kappa shape index (κ2) is 7.50. The van der Waals surface area contributed by atoms with E-state index < -0.39 is 5.97 Å². The summed E-state index contributed by atoms with van der Waals surface area (Å²) in [6, 6.07) is 15.3. The molecule has 1 N–H and O–H groups in total. The fraction of sp³-hybridized carbons (Fsp3) is 0.278. The molecule has 0 saturated carbocycles. The number of carboxylic acid groups (broad SMARTS) is 1. The molecule has 1 atom stereocenters. The van der Waals surface area contributed by atoms with E-state index in [0.717, 1.165) is 11.1 Å². The lowest BCUT2D eigenvalue weighted by Gasteiger charge is -2.17. The molecule has 0 aromatic heterocycles. The van der Waals surface area contributed by atoms with Crippen LogP contribution in [-0.2, 0) is 11.4 Å². The van der Waals surface area contributed by atoms with Gasteiger partial charge in [0.1, 0.15) is 18.1 Å². The largest absolute Gasteiger partial charge is 0.497 e. The van der Waals surface area contributed by atoms with Crippen LogP contribution < -0.4 is 9.47 Å². The molecule has 1 unspecified atom stereocenters. The predicted octanol–water partition coefficient (Wildman–Crippen LogP) is 3.85. The van der Waals surface area contributed by atoms with Crippen LogP contribution in [0.25, 0.3) is 0 Å². The lowest BCUT2D eigenvalue weighted by Crippen LogP contribution is -2.06. The third-order valence-corrected chi connectivity index (χ3v) is 3.47. The minimum absolute atomic E-state index is 0.0635. The van der Waals surface area contributed by atoms with Crippen LogP contribution in [-0.4, -0.2) is 18.2 Å². The van der Waals surface area contributed by atoms with Gasteiger partial charge >= 0.3 is 5.97 Å². The quantitative estimate of drug-likeness (QED) is 0.843. The van der Waals surface area contributed by atoms with Gasteiger partial charge in [0, 0.05) is 6.07 Å². The van der Waals surface area contributed by atoms with Gasteiger partial charge in [0.2, 0.25) is 0 Å². The van der Waals surface area contributed by atoms with E-state index in [-0.39, 0.29) is 12.3 Å². The van der Waals surface area contributed by atoms with Gasteiger partial charge in [0.25, 0.3) is 0 Å². The Morgan fingerprint density at radius 1 is 1.18 bits per heavy atom. The third-order valence-electron chi connectivity index (χ3n) is 3.47. The fourth-order valence-corrected chi connectivity index (χ4v) is 2.28. The van der Waals surface area contributed by atoms with Gasteiger partial charge in [0.05, 0.1) is 13.5 Å². The summed E-state index contributed by atoms with van der Waals surface area (Å²) in [5.74, 6) is 0.401. The van der Waals surface area contributed by atoms with Crippen LogP contribution in [0.15, 0.2) is 48.5 Å². The van der Waals surface area contributed by atoms with E-state index in [1.54, 1.807) is 13.2 Å². The van der Waals surface area contributed by atoms with E-state index in [1.165, 1.54) is 0 Å². The van der Waals surface area contributed by atoms with Gasteiger partial charge in [-0.05, 0) is 23.1 Å². The van der Waals surface area contributed by atoms with Crippen LogP contribution >= 0.6 is 0 Å². The van der Waals surface area contributed by atoms with Gasteiger partial charge < -0.3 is 14.6 Å². The van der Waals surface area contributed by atoms with Crippen LogP contribution in [0, 0.1) is 0 Å². The van der Waals surface area contributed by atoms with Crippen molar-refractivity contribution in [3.63, 3.8) is 0 Å². The van der Waals surface area contributed by atoms with Crippen molar-refractivity contribution in [3.05, 3.63) is 59.7 Å². The Morgan fingerprint density at radius 3 is 2.55 bits per heavy atom. The minimum atomic E-state index is -0.822. The Hall–Kier alpha value is -2.49. The molecule has 2 aromatic rings. The molecule has 0 bridgehead atoms. The van der Waals surface area contributed by atoms with Crippen molar-refractivity contribution in [1.29, 1.82) is 0 Å². The molecule has 0 aliphatic rings. The van der Waals surface area contributed by atoms with Crippen LogP contribution in [0.1, 0.15) is 30.4 Å². The van der Waals surface area contributed by atoms with E-state index in [2.05, 4.69) is 0 Å². The van der Waals surface area contributed by atoms with Crippen molar-refractivity contribution >= 4 is 5.97 Å². The number of benzene rings is 2. The molecular weight excluding hydrogens is 280 g/mol. The Bertz CT molecular complexity index is 622. The van der Waals surface area contributed by atoms with E-state index in [4.69, 9.17) is 14.6 Å². The average molecular weight is 300 g/mol. The first-order chi connectivity index (χ1) is 10.6. The molecule has 0 fully saturated rings. The predicted molar refractivity (Wildman–Crippen MR) is 84.4 cm³/mol. The van der Waals surface area contributed by atoms with Gasteiger partial charge in [-0.1, -0.05) is 43.3 Å². The summed E-state index contributed by atoms with van der Waals surface area (Å²) in [5.41, 5.74) is 1.93. The van der Waals surface area contributed by atoms with E-state index in [0.29, 0.717) is 18.1 Å². The summed E-state index contributed by atoms with van der Waals surface area (Å²) < 4.78 is 11.1. The normalized spacial score (nSPS) is 11.7. The molecule has 0 saturated heterocycles. The smallest absolute Gasteiger partial charge is 0.303 e. The highest BCUT2D eigenvalue weighted by Gasteiger charge is 2.16. The molecule has 22 heavy (non-hydrogen) atoms. The molecule has 0 aliphatic heterocycles. The Labute approximate surface area is 130 Å². The molecule has 0 amide bonds. The summed E-state index contributed by atoms with van der Waals surface area (Å²) in [6.45, 7) is 2.31. The summed E-state index contributed by atoms with van der Waals surface area (Å²) in [7, 11) is 1.59. The molecule has 116 valence electrons. The molecule has 0 spiro atoms. The van der Waals surface area contributed by atoms with E-state index in [9.17, 15) is 4.79 Å². The molecule has 0 aliphatic carbocycles. The average Bonchev–Trinajstić information content (AvgIpc) is 2.53. The SMILES string of the molecule is COc1ccc(C(C)CC(=O)O)c(OCc2ccccc2)c1. The summed E-state index contributed by atoms with van der Waals surface area (Å²) in [5, 5.41) is 8.98. The van der Waals surface area contributed by atoms with Gasteiger partial charge in [-0.2, -0.15) is 0 Å². The number of hydrogen-bond acceptors (Lipinski definition) is 3. The number of methoxy groups -OCH3 is 1. The molecule has 4 heteroatoms. The molecule has 2 aromatic carbocycles. The zero-order valence-electron chi connectivity index (χ0n) is 12.8. The van der Waals surface area contributed by atoms with Crippen molar-refractivity contribution in [2.24, 2.45) is 0 Å². The lowest BCUT2D eigenvalue weighted by molar-refractivity contribution is -0.137. The number of aliphatic carboxylic acids is 1. The standard InChI is InChI=1S/C18H20O4/c1-13(10-18(19)20)16-9-8-15(21-2)11-17(16)22-12-14-6-4-3-5-7-14/h3-9,11,13H,10,12H2,1-2H3,(H,19,20). The highest BCUT2D eigenvalue weighted by molar-refractivity contribution is 5.68. The number of rotatable bonds is 7. The monoisotopic (exact) mass is 300 g/mol. The van der Waals surface area contributed by atoms with E-state index >= 15 is 0 Å². The van der Waals surface area contributed by atoms with Crippen molar-refractivity contribution in [3.8, 4) is 11.5 Å².